The molecule has 4 rings (SSSR count). The number of benzene rings is 2. The fourth-order valence-corrected chi connectivity index (χ4v) is 4.79. The molecule has 172 valence electrons. The second-order valence-corrected chi connectivity index (χ2v) is 8.73. The lowest BCUT2D eigenvalue weighted by Crippen LogP contribution is -2.29. The van der Waals surface area contributed by atoms with Gasteiger partial charge in [0, 0.05) is 13.7 Å². The lowest BCUT2D eigenvalue weighted by atomic mass is 10.1. The Morgan fingerprint density at radius 2 is 1.94 bits per heavy atom. The number of amides is 1. The van der Waals surface area contributed by atoms with Gasteiger partial charge >= 0.3 is 5.97 Å². The molecule has 0 saturated carbocycles. The van der Waals surface area contributed by atoms with E-state index < -0.39 is 5.97 Å². The van der Waals surface area contributed by atoms with E-state index in [9.17, 15) is 9.59 Å². The first-order valence-corrected chi connectivity index (χ1v) is 11.9. The molecule has 0 N–H and O–H groups in total. The fourth-order valence-electron chi connectivity index (χ4n) is 3.89. The SMILES string of the molecule is COC(=O)c1ccccc1N(C)C(=O)CSc1ncc(-c2ccccc2)n1CC1CCCO1. The van der Waals surface area contributed by atoms with E-state index in [2.05, 4.69) is 21.7 Å². The van der Waals surface area contributed by atoms with Crippen LogP contribution in [-0.4, -0.2) is 54.0 Å². The van der Waals surface area contributed by atoms with Crippen molar-refractivity contribution in [3.8, 4) is 11.3 Å². The Bertz CT molecular complexity index is 1110. The molecule has 2 aromatic carbocycles. The minimum absolute atomic E-state index is 0.135. The molecular weight excluding hydrogens is 438 g/mol. The van der Waals surface area contributed by atoms with Gasteiger partial charge in [0.2, 0.25) is 5.91 Å². The minimum Gasteiger partial charge on any atom is -0.465 e. The molecule has 1 aromatic heterocycles. The Balaban J connectivity index is 1.53. The van der Waals surface area contributed by atoms with Gasteiger partial charge in [0.25, 0.3) is 0 Å². The number of para-hydroxylation sites is 1. The highest BCUT2D eigenvalue weighted by Gasteiger charge is 2.23. The lowest BCUT2D eigenvalue weighted by molar-refractivity contribution is -0.115. The summed E-state index contributed by atoms with van der Waals surface area (Å²) >= 11 is 1.39. The van der Waals surface area contributed by atoms with Gasteiger partial charge in [0.15, 0.2) is 5.16 Å². The number of esters is 1. The van der Waals surface area contributed by atoms with E-state index in [4.69, 9.17) is 9.47 Å². The van der Waals surface area contributed by atoms with E-state index >= 15 is 0 Å². The summed E-state index contributed by atoms with van der Waals surface area (Å²) in [4.78, 5) is 31.2. The number of thioether (sulfide) groups is 1. The molecular formula is C25H27N3O4S. The number of carbonyl (C=O) groups excluding carboxylic acids is 2. The number of anilines is 1. The van der Waals surface area contributed by atoms with E-state index in [1.807, 2.05) is 24.4 Å². The van der Waals surface area contributed by atoms with Gasteiger partial charge in [-0.05, 0) is 30.5 Å². The van der Waals surface area contributed by atoms with E-state index in [1.54, 1.807) is 31.3 Å². The maximum atomic E-state index is 13.0. The van der Waals surface area contributed by atoms with Crippen molar-refractivity contribution in [1.82, 2.24) is 9.55 Å². The standard InChI is InChI=1S/C25H27N3O4S/c1-27(21-13-7-6-12-20(21)24(30)31-2)23(29)17-33-25-26-15-22(18-9-4-3-5-10-18)28(25)16-19-11-8-14-32-19/h3-7,9-10,12-13,15,19H,8,11,14,16-17H2,1-2H3. The van der Waals surface area contributed by atoms with Crippen LogP contribution >= 0.6 is 11.8 Å². The molecule has 1 unspecified atom stereocenters. The monoisotopic (exact) mass is 465 g/mol. The van der Waals surface area contributed by atoms with Gasteiger partial charge in [-0.1, -0.05) is 54.2 Å². The Hall–Kier alpha value is -3.10. The fraction of sp³-hybridized carbons (Fsp3) is 0.320. The molecule has 1 saturated heterocycles. The summed E-state index contributed by atoms with van der Waals surface area (Å²) in [5.41, 5.74) is 2.95. The van der Waals surface area contributed by atoms with E-state index in [0.29, 0.717) is 17.8 Å². The number of carbonyl (C=O) groups is 2. The van der Waals surface area contributed by atoms with Crippen molar-refractivity contribution in [3.05, 3.63) is 66.4 Å². The largest absolute Gasteiger partial charge is 0.465 e. The zero-order valence-corrected chi connectivity index (χ0v) is 19.6. The van der Waals surface area contributed by atoms with Gasteiger partial charge in [-0.3, -0.25) is 4.79 Å². The van der Waals surface area contributed by atoms with Crippen molar-refractivity contribution in [2.45, 2.75) is 30.6 Å². The molecule has 0 radical (unpaired) electrons. The molecule has 1 amide bonds. The van der Waals surface area contributed by atoms with E-state index in [-0.39, 0.29) is 17.8 Å². The number of aromatic nitrogens is 2. The minimum atomic E-state index is -0.475. The molecule has 8 heteroatoms. The first-order valence-electron chi connectivity index (χ1n) is 10.9. The van der Waals surface area contributed by atoms with Crippen molar-refractivity contribution in [2.24, 2.45) is 0 Å². The number of hydrogen-bond acceptors (Lipinski definition) is 6. The average molecular weight is 466 g/mol. The predicted molar refractivity (Wildman–Crippen MR) is 129 cm³/mol. The average Bonchev–Trinajstić information content (AvgIpc) is 3.52. The van der Waals surface area contributed by atoms with Crippen LogP contribution in [0.1, 0.15) is 23.2 Å². The Labute approximate surface area is 197 Å². The number of hydrogen-bond donors (Lipinski definition) is 0. The topological polar surface area (TPSA) is 73.7 Å². The molecule has 1 aliphatic heterocycles. The molecule has 0 bridgehead atoms. The molecule has 2 heterocycles. The summed E-state index contributed by atoms with van der Waals surface area (Å²) in [6, 6.07) is 17.0. The Kier molecular flexibility index (Phi) is 7.47. The molecule has 7 nitrogen and oxygen atoms in total. The molecule has 1 aliphatic rings. The van der Waals surface area contributed by atoms with Crippen molar-refractivity contribution < 1.29 is 19.1 Å². The highest BCUT2D eigenvalue weighted by atomic mass is 32.2. The summed E-state index contributed by atoms with van der Waals surface area (Å²) in [6.07, 6.45) is 4.08. The van der Waals surface area contributed by atoms with Crippen LogP contribution in [0.4, 0.5) is 5.69 Å². The predicted octanol–water partition coefficient (Wildman–Crippen LogP) is 4.27. The highest BCUT2D eigenvalue weighted by molar-refractivity contribution is 7.99. The third-order valence-corrected chi connectivity index (χ3v) is 6.64. The van der Waals surface area contributed by atoms with Crippen LogP contribution in [0.25, 0.3) is 11.3 Å². The maximum absolute atomic E-state index is 13.0. The van der Waals surface area contributed by atoms with Crippen LogP contribution < -0.4 is 4.90 Å². The van der Waals surface area contributed by atoms with Gasteiger partial charge in [0.05, 0.1) is 48.7 Å². The summed E-state index contributed by atoms with van der Waals surface area (Å²) in [7, 11) is 2.99. The van der Waals surface area contributed by atoms with Gasteiger partial charge in [-0.15, -0.1) is 0 Å². The third-order valence-electron chi connectivity index (χ3n) is 5.67. The van der Waals surface area contributed by atoms with Gasteiger partial charge in [0.1, 0.15) is 0 Å². The summed E-state index contributed by atoms with van der Waals surface area (Å²) < 4.78 is 12.9. The van der Waals surface area contributed by atoms with Gasteiger partial charge in [-0.25, -0.2) is 9.78 Å². The van der Waals surface area contributed by atoms with Gasteiger partial charge < -0.3 is 18.9 Å². The van der Waals surface area contributed by atoms with Crippen LogP contribution in [0.5, 0.6) is 0 Å². The molecule has 0 aliphatic carbocycles. The first kappa shape index (κ1) is 23.1. The first-order chi connectivity index (χ1) is 16.1. The summed E-state index contributed by atoms with van der Waals surface area (Å²) in [6.45, 7) is 1.48. The normalized spacial score (nSPS) is 15.4. The quantitative estimate of drug-likeness (QED) is 0.365. The van der Waals surface area contributed by atoms with Crippen molar-refractivity contribution >= 4 is 29.3 Å². The highest BCUT2D eigenvalue weighted by Crippen LogP contribution is 2.29. The van der Waals surface area contributed by atoms with Crippen molar-refractivity contribution in [1.29, 1.82) is 0 Å². The molecule has 1 atom stereocenters. The zero-order chi connectivity index (χ0) is 23.2. The maximum Gasteiger partial charge on any atom is 0.339 e. The summed E-state index contributed by atoms with van der Waals surface area (Å²) in [5.74, 6) is -0.426. The number of ether oxygens (including phenoxy) is 2. The second-order valence-electron chi connectivity index (χ2n) is 7.79. The van der Waals surface area contributed by atoms with Gasteiger partial charge in [-0.2, -0.15) is 0 Å². The Morgan fingerprint density at radius 1 is 1.18 bits per heavy atom. The second kappa shape index (κ2) is 10.7. The number of nitrogens with zero attached hydrogens (tertiary/aromatic N) is 3. The molecule has 0 spiro atoms. The van der Waals surface area contributed by atoms with Crippen LogP contribution in [0.15, 0.2) is 66.0 Å². The molecule has 1 fully saturated rings. The molecule has 3 aromatic rings. The number of imidazole rings is 1. The molecule has 33 heavy (non-hydrogen) atoms. The van der Waals surface area contributed by atoms with Crippen LogP contribution in [0.3, 0.4) is 0 Å². The van der Waals surface area contributed by atoms with E-state index in [1.165, 1.54) is 23.8 Å². The zero-order valence-electron chi connectivity index (χ0n) is 18.8. The number of rotatable bonds is 8. The Morgan fingerprint density at radius 3 is 2.67 bits per heavy atom. The smallest absolute Gasteiger partial charge is 0.339 e. The lowest BCUT2D eigenvalue weighted by Gasteiger charge is -2.20. The number of methoxy groups -OCH3 is 1. The van der Waals surface area contributed by atoms with Crippen molar-refractivity contribution in [3.63, 3.8) is 0 Å². The van der Waals surface area contributed by atoms with Crippen molar-refractivity contribution in [2.75, 3.05) is 31.4 Å². The van der Waals surface area contributed by atoms with Crippen LogP contribution in [0.2, 0.25) is 0 Å². The third kappa shape index (κ3) is 5.29. The van der Waals surface area contributed by atoms with Crippen LogP contribution in [-0.2, 0) is 20.8 Å². The van der Waals surface area contributed by atoms with Crippen LogP contribution in [0, 0.1) is 0 Å². The summed E-state index contributed by atoms with van der Waals surface area (Å²) in [5, 5.41) is 0.771. The van der Waals surface area contributed by atoms with E-state index in [0.717, 1.165) is 35.9 Å².